The zero-order valence-electron chi connectivity index (χ0n) is 29.6. The number of hydrogen-bond donors (Lipinski definition) is 0. The lowest BCUT2D eigenvalue weighted by atomic mass is 10.0. The van der Waals surface area contributed by atoms with Gasteiger partial charge in [-0.25, -0.2) is 9.13 Å². The SMILES string of the molecule is CCCCCCCCCCCCCCCCc1n(CCCCCCCC)cc[n+]1CCCCCCCCCCCCC. The molecule has 0 N–H and O–H groups in total. The van der Waals surface area contributed by atoms with Gasteiger partial charge < -0.3 is 0 Å². The maximum Gasteiger partial charge on any atom is 0.256 e. The summed E-state index contributed by atoms with van der Waals surface area (Å²) < 4.78 is 5.26. The highest BCUT2D eigenvalue weighted by Gasteiger charge is 2.16. The van der Waals surface area contributed by atoms with Gasteiger partial charge in [0.15, 0.2) is 0 Å². The first-order valence-corrected chi connectivity index (χ1v) is 19.9. The minimum Gasteiger partial charge on any atom is -0.234 e. The maximum atomic E-state index is 2.63. The molecule has 0 aliphatic heterocycles. The summed E-state index contributed by atoms with van der Waals surface area (Å²) in [7, 11) is 0. The fraction of sp³-hybridized carbons (Fsp3) is 0.925. The molecular formula is C40H79N2+. The van der Waals surface area contributed by atoms with Gasteiger partial charge in [-0.05, 0) is 32.1 Å². The van der Waals surface area contributed by atoms with E-state index >= 15 is 0 Å². The van der Waals surface area contributed by atoms with Gasteiger partial charge in [0.25, 0.3) is 5.82 Å². The van der Waals surface area contributed by atoms with Crippen molar-refractivity contribution < 1.29 is 4.57 Å². The van der Waals surface area contributed by atoms with Crippen LogP contribution in [0.1, 0.15) is 226 Å². The first-order chi connectivity index (χ1) is 20.8. The Bertz CT molecular complexity index is 648. The average Bonchev–Trinajstić information content (AvgIpc) is 3.38. The van der Waals surface area contributed by atoms with Crippen molar-refractivity contribution in [1.29, 1.82) is 0 Å². The monoisotopic (exact) mass is 588 g/mol. The van der Waals surface area contributed by atoms with Gasteiger partial charge in [0.1, 0.15) is 12.4 Å². The Hall–Kier alpha value is -0.790. The quantitative estimate of drug-likeness (QED) is 0.0560. The van der Waals surface area contributed by atoms with Crippen molar-refractivity contribution in [3.8, 4) is 0 Å². The van der Waals surface area contributed by atoms with Gasteiger partial charge in [0, 0.05) is 6.42 Å². The van der Waals surface area contributed by atoms with E-state index in [4.69, 9.17) is 0 Å². The molecule has 1 aromatic rings. The van der Waals surface area contributed by atoms with Gasteiger partial charge in [-0.15, -0.1) is 0 Å². The lowest BCUT2D eigenvalue weighted by Crippen LogP contribution is -2.37. The Morgan fingerprint density at radius 2 is 0.738 bits per heavy atom. The zero-order chi connectivity index (χ0) is 30.2. The normalized spacial score (nSPS) is 11.6. The van der Waals surface area contributed by atoms with Crippen LogP contribution in [0.25, 0.3) is 0 Å². The minimum absolute atomic E-state index is 1.23. The lowest BCUT2D eigenvalue weighted by Gasteiger charge is -2.07. The second-order valence-electron chi connectivity index (χ2n) is 13.8. The summed E-state index contributed by atoms with van der Waals surface area (Å²) in [6, 6.07) is 0. The average molecular weight is 588 g/mol. The van der Waals surface area contributed by atoms with Crippen molar-refractivity contribution in [3.05, 3.63) is 18.2 Å². The smallest absolute Gasteiger partial charge is 0.234 e. The van der Waals surface area contributed by atoms with Crippen LogP contribution in [0.15, 0.2) is 12.4 Å². The molecule has 0 aromatic carbocycles. The molecule has 1 heterocycles. The standard InChI is InChI=1S/C40H79N2/c1-4-7-10-13-16-18-20-21-22-23-25-27-29-32-35-40-41(36-33-30-15-12-9-6-3)38-39-42(40)37-34-31-28-26-24-19-17-14-11-8-5-2/h38-39H,4-37H2,1-3H3/q+1. The predicted octanol–water partition coefficient (Wildman–Crippen LogP) is 13.5. The number of aryl methyl sites for hydroxylation is 2. The maximum absolute atomic E-state index is 2.63. The minimum atomic E-state index is 1.23. The van der Waals surface area contributed by atoms with E-state index in [1.165, 1.54) is 219 Å². The molecule has 0 aliphatic rings. The third-order valence-corrected chi connectivity index (χ3v) is 9.60. The molecule has 0 spiro atoms. The predicted molar refractivity (Wildman–Crippen MR) is 188 cm³/mol. The molecular weight excluding hydrogens is 508 g/mol. The summed E-state index contributed by atoms with van der Waals surface area (Å²) in [4.78, 5) is 0. The van der Waals surface area contributed by atoms with E-state index in [2.05, 4.69) is 42.3 Å². The Morgan fingerprint density at radius 1 is 0.405 bits per heavy atom. The van der Waals surface area contributed by atoms with Gasteiger partial charge in [-0.1, -0.05) is 188 Å². The Morgan fingerprint density at radius 3 is 1.14 bits per heavy atom. The summed E-state index contributed by atoms with van der Waals surface area (Å²) in [5, 5.41) is 0. The van der Waals surface area contributed by atoms with Crippen LogP contribution < -0.4 is 4.57 Å². The number of nitrogens with zero attached hydrogens (tertiary/aromatic N) is 2. The Kier molecular flexibility index (Phi) is 29.5. The van der Waals surface area contributed by atoms with Crippen molar-refractivity contribution in [3.63, 3.8) is 0 Å². The fourth-order valence-corrected chi connectivity index (χ4v) is 6.68. The van der Waals surface area contributed by atoms with Crippen LogP contribution in [-0.4, -0.2) is 4.57 Å². The lowest BCUT2D eigenvalue weighted by molar-refractivity contribution is -0.704. The van der Waals surface area contributed by atoms with E-state index in [0.717, 1.165) is 0 Å². The number of hydrogen-bond acceptors (Lipinski definition) is 0. The molecule has 0 atom stereocenters. The first kappa shape index (κ1) is 39.2. The molecule has 0 fully saturated rings. The molecule has 0 saturated carbocycles. The van der Waals surface area contributed by atoms with E-state index in [9.17, 15) is 0 Å². The number of aromatic nitrogens is 2. The molecule has 0 amide bonds. The molecule has 42 heavy (non-hydrogen) atoms. The molecule has 0 unspecified atom stereocenters. The van der Waals surface area contributed by atoms with E-state index < -0.39 is 0 Å². The van der Waals surface area contributed by atoms with E-state index in [1.54, 1.807) is 5.82 Å². The summed E-state index contributed by atoms with van der Waals surface area (Å²) in [6.45, 7) is 9.40. The molecule has 2 heteroatoms. The van der Waals surface area contributed by atoms with E-state index in [1.807, 2.05) is 0 Å². The molecule has 2 nitrogen and oxygen atoms in total. The van der Waals surface area contributed by atoms with Crippen molar-refractivity contribution in [1.82, 2.24) is 4.57 Å². The third kappa shape index (κ3) is 23.6. The molecule has 1 rings (SSSR count). The zero-order valence-corrected chi connectivity index (χ0v) is 29.6. The van der Waals surface area contributed by atoms with Crippen LogP contribution in [0, 0.1) is 0 Å². The van der Waals surface area contributed by atoms with Gasteiger partial charge in [0.05, 0.1) is 13.1 Å². The number of rotatable bonds is 34. The van der Waals surface area contributed by atoms with E-state index in [-0.39, 0.29) is 0 Å². The Labute approximate surface area is 266 Å². The van der Waals surface area contributed by atoms with Crippen LogP contribution in [0.2, 0.25) is 0 Å². The van der Waals surface area contributed by atoms with Gasteiger partial charge >= 0.3 is 0 Å². The molecule has 0 saturated heterocycles. The van der Waals surface area contributed by atoms with Crippen molar-refractivity contribution >= 4 is 0 Å². The van der Waals surface area contributed by atoms with Crippen LogP contribution in [0.5, 0.6) is 0 Å². The van der Waals surface area contributed by atoms with Gasteiger partial charge in [-0.3, -0.25) is 0 Å². The van der Waals surface area contributed by atoms with Crippen LogP contribution in [0.4, 0.5) is 0 Å². The highest BCUT2D eigenvalue weighted by molar-refractivity contribution is 4.84. The molecule has 248 valence electrons. The number of unbranched alkanes of at least 4 members (excludes halogenated alkanes) is 28. The Balaban J connectivity index is 2.25. The van der Waals surface area contributed by atoms with Crippen LogP contribution in [0.3, 0.4) is 0 Å². The first-order valence-electron chi connectivity index (χ1n) is 19.9. The second-order valence-corrected chi connectivity index (χ2v) is 13.8. The van der Waals surface area contributed by atoms with E-state index in [0.29, 0.717) is 0 Å². The van der Waals surface area contributed by atoms with Gasteiger partial charge in [0.2, 0.25) is 0 Å². The van der Waals surface area contributed by atoms with Crippen LogP contribution >= 0.6 is 0 Å². The molecule has 0 aliphatic carbocycles. The highest BCUT2D eigenvalue weighted by Crippen LogP contribution is 2.15. The topological polar surface area (TPSA) is 8.81 Å². The largest absolute Gasteiger partial charge is 0.256 e. The fourth-order valence-electron chi connectivity index (χ4n) is 6.68. The molecule has 0 bridgehead atoms. The summed E-state index contributed by atoms with van der Waals surface area (Å²) in [5.41, 5.74) is 0. The molecule has 1 aromatic heterocycles. The highest BCUT2D eigenvalue weighted by atomic mass is 15.1. The molecule has 0 radical (unpaired) electrons. The summed E-state index contributed by atoms with van der Waals surface area (Å²) in [6.07, 6.45) is 50.4. The summed E-state index contributed by atoms with van der Waals surface area (Å²) >= 11 is 0. The second kappa shape index (κ2) is 31.6. The summed E-state index contributed by atoms with van der Waals surface area (Å²) in [5.74, 6) is 1.62. The third-order valence-electron chi connectivity index (χ3n) is 9.60. The van der Waals surface area contributed by atoms with Crippen LogP contribution in [-0.2, 0) is 19.5 Å². The van der Waals surface area contributed by atoms with Crippen molar-refractivity contribution in [2.45, 2.75) is 239 Å². The van der Waals surface area contributed by atoms with Crippen molar-refractivity contribution in [2.24, 2.45) is 0 Å². The van der Waals surface area contributed by atoms with Crippen molar-refractivity contribution in [2.75, 3.05) is 0 Å². The number of imidazole rings is 1. The van der Waals surface area contributed by atoms with Gasteiger partial charge in [-0.2, -0.15) is 0 Å².